The standard InChI is InChI=1S/C28H22BrN3O5S/c1-17-5-3-4-6-22(17)31-25(33)15-32-27(34)24(38-28(32)35)13-20-11-21(29)26(23(12-20)36-2)37-16-19-9-7-18(14-30)8-10-19/h3-13H,15-16H2,1-2H3,(H,31,33)/b24-13+. The summed E-state index contributed by atoms with van der Waals surface area (Å²) in [6.45, 7) is 1.73. The van der Waals surface area contributed by atoms with E-state index in [1.165, 1.54) is 7.11 Å². The Morgan fingerprint density at radius 1 is 1.16 bits per heavy atom. The van der Waals surface area contributed by atoms with Crippen molar-refractivity contribution in [3.05, 3.63) is 92.3 Å². The summed E-state index contributed by atoms with van der Waals surface area (Å²) < 4.78 is 12.0. The van der Waals surface area contributed by atoms with Gasteiger partial charge in [0, 0.05) is 5.69 Å². The topological polar surface area (TPSA) is 109 Å². The van der Waals surface area contributed by atoms with Crippen molar-refractivity contribution in [3.63, 3.8) is 0 Å². The first-order valence-corrected chi connectivity index (χ1v) is 13.0. The third kappa shape index (κ3) is 6.25. The quantitative estimate of drug-likeness (QED) is 0.325. The van der Waals surface area contributed by atoms with E-state index >= 15 is 0 Å². The maximum atomic E-state index is 12.9. The molecule has 1 heterocycles. The number of anilines is 1. The molecule has 1 aliphatic rings. The van der Waals surface area contributed by atoms with Crippen LogP contribution in [0, 0.1) is 18.3 Å². The Hall–Kier alpha value is -4.07. The van der Waals surface area contributed by atoms with Crippen LogP contribution < -0.4 is 14.8 Å². The first kappa shape index (κ1) is 27.0. The van der Waals surface area contributed by atoms with Crippen molar-refractivity contribution in [1.29, 1.82) is 5.26 Å². The lowest BCUT2D eigenvalue weighted by molar-refractivity contribution is -0.127. The van der Waals surface area contributed by atoms with E-state index in [1.54, 1.807) is 42.5 Å². The molecule has 10 heteroatoms. The number of carbonyl (C=O) groups excluding carboxylic acids is 3. The van der Waals surface area contributed by atoms with Gasteiger partial charge in [-0.15, -0.1) is 0 Å². The monoisotopic (exact) mass is 591 g/mol. The number of nitrogens with one attached hydrogen (secondary N) is 1. The summed E-state index contributed by atoms with van der Waals surface area (Å²) >= 11 is 4.26. The minimum atomic E-state index is -0.545. The van der Waals surface area contributed by atoms with Crippen LogP contribution in [0.1, 0.15) is 22.3 Å². The number of thioether (sulfide) groups is 1. The van der Waals surface area contributed by atoms with Crippen LogP contribution in [-0.2, 0) is 16.2 Å². The Labute approximate surface area is 232 Å². The minimum Gasteiger partial charge on any atom is -0.493 e. The summed E-state index contributed by atoms with van der Waals surface area (Å²) in [7, 11) is 1.50. The van der Waals surface area contributed by atoms with E-state index in [4.69, 9.17) is 14.7 Å². The Morgan fingerprint density at radius 2 is 1.89 bits per heavy atom. The highest BCUT2D eigenvalue weighted by atomic mass is 79.9. The number of imide groups is 1. The van der Waals surface area contributed by atoms with Crippen LogP contribution in [0.4, 0.5) is 10.5 Å². The average Bonchev–Trinajstić information content (AvgIpc) is 3.16. The zero-order valence-electron chi connectivity index (χ0n) is 20.5. The molecule has 3 aromatic rings. The summed E-state index contributed by atoms with van der Waals surface area (Å²) in [6.07, 6.45) is 1.57. The van der Waals surface area contributed by atoms with Crippen LogP contribution in [-0.4, -0.2) is 35.6 Å². The molecular formula is C28H22BrN3O5S. The summed E-state index contributed by atoms with van der Waals surface area (Å²) in [5.41, 5.74) is 3.54. The van der Waals surface area contributed by atoms with Gasteiger partial charge in [-0.2, -0.15) is 5.26 Å². The van der Waals surface area contributed by atoms with Gasteiger partial charge in [0.1, 0.15) is 13.2 Å². The Kier molecular flexibility index (Phi) is 8.51. The number of rotatable bonds is 8. The molecule has 1 N–H and O–H groups in total. The molecule has 0 spiro atoms. The van der Waals surface area contributed by atoms with E-state index in [9.17, 15) is 14.4 Å². The number of hydrogen-bond acceptors (Lipinski definition) is 7. The molecular weight excluding hydrogens is 570 g/mol. The highest BCUT2D eigenvalue weighted by Crippen LogP contribution is 2.39. The summed E-state index contributed by atoms with van der Waals surface area (Å²) in [5.74, 6) is -0.113. The molecule has 8 nitrogen and oxygen atoms in total. The molecule has 0 saturated carbocycles. The molecule has 0 bridgehead atoms. The van der Waals surface area contributed by atoms with Gasteiger partial charge in [0.15, 0.2) is 11.5 Å². The fourth-order valence-electron chi connectivity index (χ4n) is 3.63. The lowest BCUT2D eigenvalue weighted by Crippen LogP contribution is -2.36. The number of ether oxygens (including phenoxy) is 2. The third-order valence-electron chi connectivity index (χ3n) is 5.61. The second-order valence-electron chi connectivity index (χ2n) is 8.26. The molecule has 0 radical (unpaired) electrons. The molecule has 0 aliphatic carbocycles. The molecule has 3 aromatic carbocycles. The smallest absolute Gasteiger partial charge is 0.294 e. The summed E-state index contributed by atoms with van der Waals surface area (Å²) in [5, 5.41) is 11.2. The molecule has 0 aromatic heterocycles. The van der Waals surface area contributed by atoms with Crippen molar-refractivity contribution in [3.8, 4) is 17.6 Å². The van der Waals surface area contributed by atoms with Crippen LogP contribution >= 0.6 is 27.7 Å². The number of nitrogens with zero attached hydrogens (tertiary/aromatic N) is 2. The summed E-state index contributed by atoms with van der Waals surface area (Å²) in [4.78, 5) is 39.1. The van der Waals surface area contributed by atoms with Crippen molar-refractivity contribution >= 4 is 56.5 Å². The van der Waals surface area contributed by atoms with Crippen molar-refractivity contribution in [2.45, 2.75) is 13.5 Å². The predicted octanol–water partition coefficient (Wildman–Crippen LogP) is 5.89. The van der Waals surface area contributed by atoms with E-state index in [2.05, 4.69) is 27.3 Å². The minimum absolute atomic E-state index is 0.193. The van der Waals surface area contributed by atoms with Crippen LogP contribution in [0.3, 0.4) is 0 Å². The Bertz CT molecular complexity index is 1480. The van der Waals surface area contributed by atoms with Gasteiger partial charge in [-0.1, -0.05) is 30.3 Å². The first-order chi connectivity index (χ1) is 18.3. The number of carbonyl (C=O) groups is 3. The number of halogens is 1. The Balaban J connectivity index is 1.47. The van der Waals surface area contributed by atoms with Gasteiger partial charge in [0.05, 0.1) is 28.1 Å². The number of amides is 3. The SMILES string of the molecule is COc1cc(/C=C2/SC(=O)N(CC(=O)Nc3ccccc3C)C2=O)cc(Br)c1OCc1ccc(C#N)cc1. The molecule has 1 fully saturated rings. The first-order valence-electron chi connectivity index (χ1n) is 11.4. The van der Waals surface area contributed by atoms with E-state index in [0.717, 1.165) is 27.8 Å². The molecule has 1 aliphatic heterocycles. The highest BCUT2D eigenvalue weighted by molar-refractivity contribution is 9.10. The van der Waals surface area contributed by atoms with E-state index in [1.807, 2.05) is 31.2 Å². The Morgan fingerprint density at radius 3 is 2.58 bits per heavy atom. The molecule has 3 amide bonds. The molecule has 1 saturated heterocycles. The predicted molar refractivity (Wildman–Crippen MR) is 149 cm³/mol. The third-order valence-corrected chi connectivity index (χ3v) is 7.11. The van der Waals surface area contributed by atoms with Crippen LogP contribution in [0.5, 0.6) is 11.5 Å². The van der Waals surface area contributed by atoms with Gasteiger partial charge in [-0.05, 0) is 87.7 Å². The van der Waals surface area contributed by atoms with Crippen molar-refractivity contribution in [2.24, 2.45) is 0 Å². The van der Waals surface area contributed by atoms with Gasteiger partial charge < -0.3 is 14.8 Å². The average molecular weight is 592 g/mol. The molecule has 4 rings (SSSR count). The van der Waals surface area contributed by atoms with Gasteiger partial charge in [0.2, 0.25) is 5.91 Å². The van der Waals surface area contributed by atoms with Crippen molar-refractivity contribution < 1.29 is 23.9 Å². The van der Waals surface area contributed by atoms with E-state index < -0.39 is 17.1 Å². The lowest BCUT2D eigenvalue weighted by Gasteiger charge is -2.14. The van der Waals surface area contributed by atoms with Crippen LogP contribution in [0.15, 0.2) is 70.0 Å². The fraction of sp³-hybridized carbons (Fsp3) is 0.143. The van der Waals surface area contributed by atoms with Gasteiger partial charge in [0.25, 0.3) is 11.1 Å². The second-order valence-corrected chi connectivity index (χ2v) is 10.1. The maximum Gasteiger partial charge on any atom is 0.294 e. The zero-order valence-corrected chi connectivity index (χ0v) is 22.9. The number of aryl methyl sites for hydroxylation is 1. The molecule has 192 valence electrons. The summed E-state index contributed by atoms with van der Waals surface area (Å²) in [6, 6.07) is 19.8. The van der Waals surface area contributed by atoms with E-state index in [-0.39, 0.29) is 18.1 Å². The van der Waals surface area contributed by atoms with Crippen LogP contribution in [0.2, 0.25) is 0 Å². The zero-order chi connectivity index (χ0) is 27.2. The highest BCUT2D eigenvalue weighted by Gasteiger charge is 2.36. The number of nitriles is 1. The number of para-hydroxylation sites is 1. The van der Waals surface area contributed by atoms with Gasteiger partial charge in [-0.3, -0.25) is 19.3 Å². The fourth-order valence-corrected chi connectivity index (χ4v) is 5.04. The number of hydrogen-bond donors (Lipinski definition) is 1. The molecule has 0 atom stereocenters. The molecule has 0 unspecified atom stereocenters. The van der Waals surface area contributed by atoms with Crippen molar-refractivity contribution in [1.82, 2.24) is 4.90 Å². The van der Waals surface area contributed by atoms with Gasteiger partial charge in [-0.25, -0.2) is 0 Å². The largest absolute Gasteiger partial charge is 0.493 e. The van der Waals surface area contributed by atoms with Crippen LogP contribution in [0.25, 0.3) is 6.08 Å². The van der Waals surface area contributed by atoms with Crippen molar-refractivity contribution in [2.75, 3.05) is 19.0 Å². The lowest BCUT2D eigenvalue weighted by atomic mass is 10.1. The van der Waals surface area contributed by atoms with Gasteiger partial charge >= 0.3 is 0 Å². The van der Waals surface area contributed by atoms with E-state index in [0.29, 0.717) is 32.8 Å². The molecule has 38 heavy (non-hydrogen) atoms. The second kappa shape index (κ2) is 12.0. The number of benzene rings is 3. The maximum absolute atomic E-state index is 12.9. The number of methoxy groups -OCH3 is 1. The normalized spacial score (nSPS) is 13.9.